The molecule has 0 bridgehead atoms. The molecule has 1 unspecified atom stereocenters. The van der Waals surface area contributed by atoms with E-state index in [0.717, 1.165) is 18.7 Å². The molecule has 1 aromatic rings. The van der Waals surface area contributed by atoms with Crippen LogP contribution in [0, 0.1) is 0 Å². The molecule has 94 valence electrons. The van der Waals surface area contributed by atoms with Crippen LogP contribution in [-0.4, -0.2) is 18.5 Å². The zero-order valence-corrected chi connectivity index (χ0v) is 10.7. The lowest BCUT2D eigenvalue weighted by Gasteiger charge is -2.31. The van der Waals surface area contributed by atoms with Gasteiger partial charge in [0.2, 0.25) is 0 Å². The Morgan fingerprint density at radius 2 is 2.06 bits per heavy atom. The van der Waals surface area contributed by atoms with Gasteiger partial charge in [0.1, 0.15) is 0 Å². The van der Waals surface area contributed by atoms with Crippen LogP contribution in [0.1, 0.15) is 37.6 Å². The Bertz CT molecular complexity index is 404. The van der Waals surface area contributed by atoms with Crippen molar-refractivity contribution < 1.29 is 4.79 Å². The van der Waals surface area contributed by atoms with Crippen molar-refractivity contribution in [2.45, 2.75) is 33.2 Å². The Morgan fingerprint density at radius 3 is 2.53 bits per heavy atom. The predicted octanol–water partition coefficient (Wildman–Crippen LogP) is 1.99. The topological polar surface area (TPSA) is 72.3 Å². The fourth-order valence-corrected chi connectivity index (χ4v) is 1.99. The van der Waals surface area contributed by atoms with Gasteiger partial charge in [0.25, 0.3) is 5.91 Å². The van der Waals surface area contributed by atoms with E-state index in [0.29, 0.717) is 17.3 Å². The third-order valence-corrected chi connectivity index (χ3v) is 3.08. The van der Waals surface area contributed by atoms with Gasteiger partial charge in [0, 0.05) is 12.6 Å². The summed E-state index contributed by atoms with van der Waals surface area (Å²) in [6.45, 7) is 7.06. The van der Waals surface area contributed by atoms with E-state index in [4.69, 9.17) is 11.5 Å². The number of primary amides is 1. The summed E-state index contributed by atoms with van der Waals surface area (Å²) < 4.78 is 0. The van der Waals surface area contributed by atoms with Crippen molar-refractivity contribution in [3.63, 3.8) is 0 Å². The van der Waals surface area contributed by atoms with Crippen molar-refractivity contribution in [3.8, 4) is 0 Å². The van der Waals surface area contributed by atoms with E-state index in [1.165, 1.54) is 0 Å². The molecule has 0 fully saturated rings. The number of carbonyl (C=O) groups excluding carboxylic acids is 1. The van der Waals surface area contributed by atoms with E-state index in [-0.39, 0.29) is 0 Å². The Morgan fingerprint density at radius 1 is 1.41 bits per heavy atom. The maximum atomic E-state index is 11.4. The van der Waals surface area contributed by atoms with Gasteiger partial charge >= 0.3 is 0 Å². The number of rotatable bonds is 5. The molecular formula is C13H21N3O. The maximum Gasteiger partial charge on any atom is 0.250 e. The van der Waals surface area contributed by atoms with E-state index in [2.05, 4.69) is 18.7 Å². The second-order valence-electron chi connectivity index (χ2n) is 4.15. The van der Waals surface area contributed by atoms with Gasteiger partial charge in [-0.2, -0.15) is 0 Å². The first-order valence-electron chi connectivity index (χ1n) is 5.97. The highest BCUT2D eigenvalue weighted by molar-refractivity contribution is 6.01. The van der Waals surface area contributed by atoms with Crippen molar-refractivity contribution in [1.82, 2.24) is 0 Å². The first-order valence-corrected chi connectivity index (χ1v) is 5.97. The van der Waals surface area contributed by atoms with Crippen LogP contribution in [-0.2, 0) is 0 Å². The number of nitrogen functional groups attached to an aromatic ring is 1. The molecule has 0 radical (unpaired) electrons. The summed E-state index contributed by atoms with van der Waals surface area (Å²) in [5.74, 6) is -0.436. The number of nitrogens with zero attached hydrogens (tertiary/aromatic N) is 1. The van der Waals surface area contributed by atoms with E-state index in [1.807, 2.05) is 6.92 Å². The lowest BCUT2D eigenvalue weighted by Crippen LogP contribution is -2.34. The standard InChI is InChI=1S/C13H21N3O/c1-4-9(3)16(5-2)12-10(13(15)17)7-6-8-11(12)14/h6-9H,4-5,14H2,1-3H3,(H2,15,17). The molecule has 0 saturated carbocycles. The first-order chi connectivity index (χ1) is 8.02. The number of para-hydroxylation sites is 1. The highest BCUT2D eigenvalue weighted by Gasteiger charge is 2.19. The number of anilines is 2. The molecule has 0 aliphatic carbocycles. The zero-order valence-electron chi connectivity index (χ0n) is 10.7. The van der Waals surface area contributed by atoms with Gasteiger partial charge in [-0.15, -0.1) is 0 Å². The summed E-state index contributed by atoms with van der Waals surface area (Å²) in [5, 5.41) is 0. The largest absolute Gasteiger partial charge is 0.397 e. The molecule has 1 rings (SSSR count). The quantitative estimate of drug-likeness (QED) is 0.767. The minimum absolute atomic E-state index is 0.322. The Kier molecular flexibility index (Phi) is 4.37. The van der Waals surface area contributed by atoms with Gasteiger partial charge in [-0.05, 0) is 32.4 Å². The van der Waals surface area contributed by atoms with Crippen LogP contribution in [0.4, 0.5) is 11.4 Å². The molecule has 4 N–H and O–H groups in total. The van der Waals surface area contributed by atoms with Crippen molar-refractivity contribution in [2.75, 3.05) is 17.2 Å². The number of amides is 1. The van der Waals surface area contributed by atoms with Crippen LogP contribution in [0.5, 0.6) is 0 Å². The van der Waals surface area contributed by atoms with Crippen molar-refractivity contribution in [1.29, 1.82) is 0 Å². The Balaban J connectivity index is 3.31. The van der Waals surface area contributed by atoms with Crippen molar-refractivity contribution in [3.05, 3.63) is 23.8 Å². The molecule has 0 aliphatic rings. The lowest BCUT2D eigenvalue weighted by atomic mass is 10.1. The maximum absolute atomic E-state index is 11.4. The summed E-state index contributed by atoms with van der Waals surface area (Å²) in [7, 11) is 0. The average molecular weight is 235 g/mol. The fourth-order valence-electron chi connectivity index (χ4n) is 1.99. The second kappa shape index (κ2) is 5.57. The van der Waals surface area contributed by atoms with E-state index >= 15 is 0 Å². The van der Waals surface area contributed by atoms with E-state index < -0.39 is 5.91 Å². The van der Waals surface area contributed by atoms with E-state index in [1.54, 1.807) is 18.2 Å². The molecule has 17 heavy (non-hydrogen) atoms. The summed E-state index contributed by atoms with van der Waals surface area (Å²) in [6.07, 6.45) is 0.986. The van der Waals surface area contributed by atoms with Crippen LogP contribution in [0.3, 0.4) is 0 Å². The summed E-state index contributed by atoms with van der Waals surface area (Å²) in [6, 6.07) is 5.60. The Labute approximate surface area is 103 Å². The normalized spacial score (nSPS) is 12.2. The molecule has 0 aromatic heterocycles. The number of hydrogen-bond acceptors (Lipinski definition) is 3. The van der Waals surface area contributed by atoms with Crippen molar-refractivity contribution >= 4 is 17.3 Å². The number of nitrogens with two attached hydrogens (primary N) is 2. The molecule has 0 spiro atoms. The van der Waals surface area contributed by atoms with E-state index in [9.17, 15) is 4.79 Å². The van der Waals surface area contributed by atoms with Gasteiger partial charge in [-0.3, -0.25) is 4.79 Å². The second-order valence-corrected chi connectivity index (χ2v) is 4.15. The number of hydrogen-bond donors (Lipinski definition) is 2. The predicted molar refractivity (Wildman–Crippen MR) is 72.1 cm³/mol. The summed E-state index contributed by atoms with van der Waals surface area (Å²) in [4.78, 5) is 13.6. The fraction of sp³-hybridized carbons (Fsp3) is 0.462. The van der Waals surface area contributed by atoms with Gasteiger partial charge in [0.05, 0.1) is 16.9 Å². The van der Waals surface area contributed by atoms with Gasteiger partial charge < -0.3 is 16.4 Å². The molecule has 0 heterocycles. The van der Waals surface area contributed by atoms with Gasteiger partial charge in [0.15, 0.2) is 0 Å². The molecule has 1 aromatic carbocycles. The molecule has 0 saturated heterocycles. The molecule has 1 atom stereocenters. The molecule has 4 nitrogen and oxygen atoms in total. The molecular weight excluding hydrogens is 214 g/mol. The number of carbonyl (C=O) groups is 1. The molecule has 0 aliphatic heterocycles. The summed E-state index contributed by atoms with van der Waals surface area (Å²) >= 11 is 0. The third-order valence-electron chi connectivity index (χ3n) is 3.08. The minimum Gasteiger partial charge on any atom is -0.397 e. The van der Waals surface area contributed by atoms with Crippen LogP contribution in [0.15, 0.2) is 18.2 Å². The third kappa shape index (κ3) is 2.70. The van der Waals surface area contributed by atoms with Crippen molar-refractivity contribution in [2.24, 2.45) is 5.73 Å². The van der Waals surface area contributed by atoms with Crippen LogP contribution in [0.2, 0.25) is 0 Å². The van der Waals surface area contributed by atoms with Crippen LogP contribution >= 0.6 is 0 Å². The Hall–Kier alpha value is -1.71. The van der Waals surface area contributed by atoms with Gasteiger partial charge in [-0.25, -0.2) is 0 Å². The molecule has 4 heteroatoms. The number of benzene rings is 1. The monoisotopic (exact) mass is 235 g/mol. The zero-order chi connectivity index (χ0) is 13.0. The highest BCUT2D eigenvalue weighted by Crippen LogP contribution is 2.29. The van der Waals surface area contributed by atoms with Crippen LogP contribution in [0.25, 0.3) is 0 Å². The van der Waals surface area contributed by atoms with Gasteiger partial charge in [-0.1, -0.05) is 13.0 Å². The van der Waals surface area contributed by atoms with Crippen LogP contribution < -0.4 is 16.4 Å². The molecule has 1 amide bonds. The first kappa shape index (κ1) is 13.4. The minimum atomic E-state index is -0.436. The smallest absolute Gasteiger partial charge is 0.250 e. The highest BCUT2D eigenvalue weighted by atomic mass is 16.1. The average Bonchev–Trinajstić information content (AvgIpc) is 2.31. The lowest BCUT2D eigenvalue weighted by molar-refractivity contribution is 0.100. The SMILES string of the molecule is CCC(C)N(CC)c1c(N)cccc1C(N)=O. The summed E-state index contributed by atoms with van der Waals surface area (Å²) in [5.41, 5.74) is 13.2.